The zero-order valence-electron chi connectivity index (χ0n) is 11.2. The molecule has 18 heavy (non-hydrogen) atoms. The Morgan fingerprint density at radius 1 is 1.67 bits per heavy atom. The van der Waals surface area contributed by atoms with Crippen LogP contribution in [-0.2, 0) is 13.1 Å². The maximum absolute atomic E-state index is 8.67. The van der Waals surface area contributed by atoms with E-state index in [1.54, 1.807) is 0 Å². The first kappa shape index (κ1) is 14.8. The van der Waals surface area contributed by atoms with Crippen LogP contribution in [0, 0.1) is 6.92 Å². The third-order valence-electron chi connectivity index (χ3n) is 3.06. The molecule has 7 heteroatoms. The van der Waals surface area contributed by atoms with Crippen LogP contribution in [0.15, 0.2) is 5.16 Å². The predicted octanol–water partition coefficient (Wildman–Crippen LogP) is 1.43. The van der Waals surface area contributed by atoms with E-state index in [0.717, 1.165) is 17.9 Å². The van der Waals surface area contributed by atoms with E-state index in [1.807, 2.05) is 37.4 Å². The molecule has 0 bridgehead atoms. The normalized spacial score (nSPS) is 14.2. The maximum atomic E-state index is 8.67. The first-order chi connectivity index (χ1) is 8.42. The summed E-state index contributed by atoms with van der Waals surface area (Å²) in [5, 5.41) is 16.7. The van der Waals surface area contributed by atoms with Gasteiger partial charge in [0.25, 0.3) is 0 Å². The quantitative estimate of drug-likeness (QED) is 0.368. The number of amidine groups is 1. The molecule has 1 rings (SSSR count). The summed E-state index contributed by atoms with van der Waals surface area (Å²) in [6.07, 6.45) is 0. The number of likely N-dealkylation sites (N-methyl/N-ethyl adjacent to an activating group) is 1. The van der Waals surface area contributed by atoms with Crippen LogP contribution in [0.5, 0.6) is 0 Å². The van der Waals surface area contributed by atoms with Crippen LogP contribution in [0.25, 0.3) is 0 Å². The number of rotatable bonds is 5. The first-order valence-electron chi connectivity index (χ1n) is 5.81. The molecule has 1 heterocycles. The summed E-state index contributed by atoms with van der Waals surface area (Å²) >= 11 is 6.23. The van der Waals surface area contributed by atoms with E-state index in [1.165, 1.54) is 0 Å². The highest BCUT2D eigenvalue weighted by atomic mass is 35.5. The van der Waals surface area contributed by atoms with E-state index in [-0.39, 0.29) is 11.9 Å². The average Bonchev–Trinajstić information content (AvgIpc) is 2.64. The van der Waals surface area contributed by atoms with Gasteiger partial charge in [0, 0.05) is 13.1 Å². The summed E-state index contributed by atoms with van der Waals surface area (Å²) in [4.78, 5) is 1.95. The van der Waals surface area contributed by atoms with Crippen LogP contribution in [0.1, 0.15) is 25.2 Å². The van der Waals surface area contributed by atoms with Crippen LogP contribution in [0.4, 0.5) is 0 Å². The van der Waals surface area contributed by atoms with Crippen molar-refractivity contribution in [1.82, 2.24) is 14.7 Å². The summed E-state index contributed by atoms with van der Waals surface area (Å²) in [5.74, 6) is 0.174. The SMILES string of the molecule is CCn1nc(C)c(Cl)c1CN(C)C(C)/C(N)=N/O. The van der Waals surface area contributed by atoms with Crippen molar-refractivity contribution < 1.29 is 5.21 Å². The lowest BCUT2D eigenvalue weighted by molar-refractivity contribution is 0.273. The van der Waals surface area contributed by atoms with Gasteiger partial charge in [-0.05, 0) is 27.8 Å². The standard InChI is InChI=1S/C11H20ClN5O/c1-5-17-9(10(12)7(2)14-17)6-16(4)8(3)11(13)15-18/h8,18H,5-6H2,1-4H3,(H2,13,15). The Morgan fingerprint density at radius 3 is 2.78 bits per heavy atom. The highest BCUT2D eigenvalue weighted by Crippen LogP contribution is 2.22. The van der Waals surface area contributed by atoms with Crippen molar-refractivity contribution >= 4 is 17.4 Å². The number of nitrogens with zero attached hydrogens (tertiary/aromatic N) is 4. The van der Waals surface area contributed by atoms with Crippen LogP contribution in [0.2, 0.25) is 5.02 Å². The van der Waals surface area contributed by atoms with E-state index in [2.05, 4.69) is 10.3 Å². The molecule has 0 aromatic carbocycles. The topological polar surface area (TPSA) is 79.7 Å². The average molecular weight is 274 g/mol. The van der Waals surface area contributed by atoms with Crippen molar-refractivity contribution in [1.29, 1.82) is 0 Å². The summed E-state index contributed by atoms with van der Waals surface area (Å²) < 4.78 is 1.87. The minimum absolute atomic E-state index is 0.174. The number of hydrogen-bond acceptors (Lipinski definition) is 4. The van der Waals surface area contributed by atoms with Crippen LogP contribution in [0.3, 0.4) is 0 Å². The summed E-state index contributed by atoms with van der Waals surface area (Å²) in [6.45, 7) is 7.10. The number of nitrogens with two attached hydrogens (primary N) is 1. The molecule has 0 saturated heterocycles. The second-order valence-electron chi connectivity index (χ2n) is 4.28. The van der Waals surface area contributed by atoms with Gasteiger partial charge in [-0.15, -0.1) is 0 Å². The number of hydrogen-bond donors (Lipinski definition) is 2. The van der Waals surface area contributed by atoms with Gasteiger partial charge in [0.15, 0.2) is 5.84 Å². The van der Waals surface area contributed by atoms with Crippen molar-refractivity contribution in [3.05, 3.63) is 16.4 Å². The van der Waals surface area contributed by atoms with Gasteiger partial charge in [-0.2, -0.15) is 5.10 Å². The largest absolute Gasteiger partial charge is 0.409 e. The van der Waals surface area contributed by atoms with E-state index < -0.39 is 0 Å². The second kappa shape index (κ2) is 6.06. The Bertz CT molecular complexity index is 443. The third-order valence-corrected chi connectivity index (χ3v) is 3.55. The molecule has 1 aromatic rings. The molecule has 0 radical (unpaired) electrons. The number of aromatic nitrogens is 2. The minimum Gasteiger partial charge on any atom is -0.409 e. The van der Waals surface area contributed by atoms with Gasteiger partial charge in [0.2, 0.25) is 0 Å². The van der Waals surface area contributed by atoms with Crippen LogP contribution in [-0.4, -0.2) is 38.8 Å². The fraction of sp³-hybridized carbons (Fsp3) is 0.636. The molecule has 0 saturated carbocycles. The molecule has 1 aromatic heterocycles. The predicted molar refractivity (Wildman–Crippen MR) is 72.0 cm³/mol. The number of aryl methyl sites for hydroxylation is 2. The van der Waals surface area contributed by atoms with E-state index in [4.69, 9.17) is 22.5 Å². The molecule has 0 aliphatic heterocycles. The molecule has 0 fully saturated rings. The smallest absolute Gasteiger partial charge is 0.156 e. The van der Waals surface area contributed by atoms with Gasteiger partial charge in [-0.25, -0.2) is 0 Å². The molecule has 0 amide bonds. The third kappa shape index (κ3) is 2.94. The van der Waals surface area contributed by atoms with Crippen molar-refractivity contribution in [3.63, 3.8) is 0 Å². The van der Waals surface area contributed by atoms with Crippen molar-refractivity contribution in [3.8, 4) is 0 Å². The van der Waals surface area contributed by atoms with Crippen molar-refractivity contribution in [2.75, 3.05) is 7.05 Å². The van der Waals surface area contributed by atoms with Crippen molar-refractivity contribution in [2.45, 2.75) is 39.9 Å². The summed E-state index contributed by atoms with van der Waals surface area (Å²) in [5.41, 5.74) is 7.35. The fourth-order valence-electron chi connectivity index (χ4n) is 1.70. The molecular weight excluding hydrogens is 254 g/mol. The maximum Gasteiger partial charge on any atom is 0.156 e. The van der Waals surface area contributed by atoms with E-state index in [9.17, 15) is 0 Å². The van der Waals surface area contributed by atoms with Gasteiger partial charge in [-0.1, -0.05) is 16.8 Å². The van der Waals surface area contributed by atoms with Gasteiger partial charge in [0.05, 0.1) is 22.5 Å². The first-order valence-corrected chi connectivity index (χ1v) is 6.19. The lowest BCUT2D eigenvalue weighted by atomic mass is 10.2. The highest BCUT2D eigenvalue weighted by Gasteiger charge is 2.19. The van der Waals surface area contributed by atoms with Gasteiger partial charge in [0.1, 0.15) is 0 Å². The van der Waals surface area contributed by atoms with Gasteiger partial charge >= 0.3 is 0 Å². The number of halogens is 1. The molecule has 3 N–H and O–H groups in total. The molecular formula is C11H20ClN5O. The number of oxime groups is 1. The molecule has 102 valence electrons. The Labute approximate surface area is 112 Å². The Morgan fingerprint density at radius 2 is 2.28 bits per heavy atom. The Kier molecular flexibility index (Phi) is 4.98. The molecule has 1 atom stereocenters. The second-order valence-corrected chi connectivity index (χ2v) is 4.66. The molecule has 0 aliphatic carbocycles. The summed E-state index contributed by atoms with van der Waals surface area (Å²) in [7, 11) is 1.89. The molecule has 0 spiro atoms. The van der Waals surface area contributed by atoms with Gasteiger partial charge in [-0.3, -0.25) is 9.58 Å². The molecule has 1 unspecified atom stereocenters. The van der Waals surface area contributed by atoms with E-state index in [0.29, 0.717) is 11.6 Å². The fourth-order valence-corrected chi connectivity index (χ4v) is 1.90. The highest BCUT2D eigenvalue weighted by molar-refractivity contribution is 6.31. The lowest BCUT2D eigenvalue weighted by Crippen LogP contribution is -2.40. The Balaban J connectivity index is 2.91. The van der Waals surface area contributed by atoms with E-state index >= 15 is 0 Å². The lowest BCUT2D eigenvalue weighted by Gasteiger charge is -2.23. The molecule has 6 nitrogen and oxygen atoms in total. The Hall–Kier alpha value is -1.27. The van der Waals surface area contributed by atoms with Gasteiger partial charge < -0.3 is 10.9 Å². The molecule has 0 aliphatic rings. The van der Waals surface area contributed by atoms with Crippen molar-refractivity contribution in [2.24, 2.45) is 10.9 Å². The zero-order valence-corrected chi connectivity index (χ0v) is 11.9. The van der Waals surface area contributed by atoms with Crippen LogP contribution < -0.4 is 5.73 Å². The zero-order chi connectivity index (χ0) is 13.9. The summed E-state index contributed by atoms with van der Waals surface area (Å²) in [6, 6.07) is -0.174. The van der Waals surface area contributed by atoms with Crippen LogP contribution >= 0.6 is 11.6 Å². The monoisotopic (exact) mass is 273 g/mol. The minimum atomic E-state index is -0.174.